The number of fused-ring (bicyclic) bond motifs is 1. The fraction of sp³-hybridized carbons (Fsp3) is 0.412. The quantitative estimate of drug-likeness (QED) is 0.171. The van der Waals surface area contributed by atoms with E-state index in [2.05, 4.69) is 15.3 Å². The number of anilines is 1. The van der Waals surface area contributed by atoms with Crippen LogP contribution in [0.25, 0.3) is 16.7 Å². The monoisotopic (exact) mass is 733 g/mol. The number of esters is 1. The molecule has 4 aromatic rings. The lowest BCUT2D eigenvalue weighted by Gasteiger charge is -2.38. The SMILES string of the molecule is CCN(CC)CCOC(=O)[C@H](Cc1ccc(-n2c(=O)c3ccncc3n(C)c2=O)nc1)NC(=O)c1c(F)cc(N2CCOC[C@@H]2C(F)(F)F)cc1F. The molecular formula is C34H36F5N7O6. The van der Waals surface area contributed by atoms with Crippen LogP contribution in [0.5, 0.6) is 0 Å². The Balaban J connectivity index is 1.41. The second-order valence-electron chi connectivity index (χ2n) is 11.9. The Morgan fingerprint density at radius 2 is 1.81 bits per heavy atom. The summed E-state index contributed by atoms with van der Waals surface area (Å²) < 4.78 is 84.0. The van der Waals surface area contributed by atoms with E-state index >= 15 is 8.78 Å². The minimum absolute atomic E-state index is 0.0345. The molecule has 1 fully saturated rings. The molecule has 1 aromatic carbocycles. The summed E-state index contributed by atoms with van der Waals surface area (Å²) in [5.74, 6) is -5.22. The molecule has 1 aliphatic heterocycles. The van der Waals surface area contributed by atoms with Crippen LogP contribution in [-0.2, 0) is 27.7 Å². The van der Waals surface area contributed by atoms with Crippen molar-refractivity contribution in [1.29, 1.82) is 0 Å². The van der Waals surface area contributed by atoms with Gasteiger partial charge in [0.05, 0.1) is 30.3 Å². The van der Waals surface area contributed by atoms with Crippen molar-refractivity contribution in [2.75, 3.05) is 50.9 Å². The molecule has 0 saturated carbocycles. The number of morpholine rings is 1. The summed E-state index contributed by atoms with van der Waals surface area (Å²) in [5, 5.41) is 2.51. The Morgan fingerprint density at radius 3 is 2.44 bits per heavy atom. The summed E-state index contributed by atoms with van der Waals surface area (Å²) in [7, 11) is 1.47. The van der Waals surface area contributed by atoms with Gasteiger partial charge in [-0.25, -0.2) is 27.9 Å². The molecule has 1 amide bonds. The lowest BCUT2D eigenvalue weighted by molar-refractivity contribution is -0.167. The number of benzene rings is 1. The number of ether oxygens (including phenoxy) is 2. The molecule has 1 saturated heterocycles. The summed E-state index contributed by atoms with van der Waals surface area (Å²) in [5.41, 5.74) is -2.25. The summed E-state index contributed by atoms with van der Waals surface area (Å²) in [6.07, 6.45) is -0.997. The first kappa shape index (κ1) is 38.0. The van der Waals surface area contributed by atoms with E-state index in [1.807, 2.05) is 18.7 Å². The predicted molar refractivity (Wildman–Crippen MR) is 178 cm³/mol. The Morgan fingerprint density at radius 1 is 1.10 bits per heavy atom. The van der Waals surface area contributed by atoms with Gasteiger partial charge in [0.1, 0.15) is 41.7 Å². The van der Waals surface area contributed by atoms with Crippen molar-refractivity contribution < 1.29 is 41.0 Å². The summed E-state index contributed by atoms with van der Waals surface area (Å²) in [4.78, 5) is 63.7. The Labute approximate surface area is 293 Å². The zero-order valence-corrected chi connectivity index (χ0v) is 28.5. The number of amides is 1. The second kappa shape index (κ2) is 16.0. The van der Waals surface area contributed by atoms with Gasteiger partial charge in [0.25, 0.3) is 11.5 Å². The largest absolute Gasteiger partial charge is 0.463 e. The number of hydrogen-bond donors (Lipinski definition) is 1. The van der Waals surface area contributed by atoms with Gasteiger partial charge in [-0.3, -0.25) is 19.1 Å². The van der Waals surface area contributed by atoms with Crippen LogP contribution in [0.3, 0.4) is 0 Å². The van der Waals surface area contributed by atoms with E-state index in [9.17, 15) is 32.3 Å². The highest BCUT2D eigenvalue weighted by Gasteiger charge is 2.46. The summed E-state index contributed by atoms with van der Waals surface area (Å²) >= 11 is 0. The number of carbonyl (C=O) groups excluding carboxylic acids is 2. The van der Waals surface area contributed by atoms with Crippen LogP contribution in [-0.4, -0.2) is 100 Å². The first-order valence-electron chi connectivity index (χ1n) is 16.4. The first-order valence-corrected chi connectivity index (χ1v) is 16.4. The van der Waals surface area contributed by atoms with Gasteiger partial charge in [-0.2, -0.15) is 13.2 Å². The molecule has 0 unspecified atom stereocenters. The van der Waals surface area contributed by atoms with Crippen LogP contribution >= 0.6 is 0 Å². The molecule has 13 nitrogen and oxygen atoms in total. The normalized spacial score (nSPS) is 15.6. The smallest absolute Gasteiger partial charge is 0.411 e. The number of rotatable bonds is 12. The molecule has 0 spiro atoms. The van der Waals surface area contributed by atoms with Gasteiger partial charge in [0.15, 0.2) is 0 Å². The molecule has 18 heteroatoms. The third-order valence-electron chi connectivity index (χ3n) is 8.78. The van der Waals surface area contributed by atoms with Gasteiger partial charge < -0.3 is 24.6 Å². The van der Waals surface area contributed by atoms with E-state index in [0.29, 0.717) is 42.8 Å². The number of nitrogens with one attached hydrogen (secondary N) is 1. The Kier molecular flexibility index (Phi) is 11.7. The minimum atomic E-state index is -4.76. The highest BCUT2D eigenvalue weighted by Crippen LogP contribution is 2.32. The van der Waals surface area contributed by atoms with Crippen LogP contribution in [0.15, 0.2) is 58.5 Å². The number of hydrogen-bond acceptors (Lipinski definition) is 10. The van der Waals surface area contributed by atoms with Crippen LogP contribution in [0.2, 0.25) is 0 Å². The highest BCUT2D eigenvalue weighted by atomic mass is 19.4. The Hall–Kier alpha value is -5.23. The number of aromatic nitrogens is 4. The van der Waals surface area contributed by atoms with Crippen molar-refractivity contribution in [3.05, 3.63) is 92.5 Å². The van der Waals surface area contributed by atoms with Gasteiger partial charge in [0, 0.05) is 44.6 Å². The number of pyridine rings is 2. The fourth-order valence-corrected chi connectivity index (χ4v) is 5.87. The molecule has 278 valence electrons. The molecule has 0 radical (unpaired) electrons. The molecule has 5 rings (SSSR count). The lowest BCUT2D eigenvalue weighted by atomic mass is 10.1. The maximum absolute atomic E-state index is 15.4. The maximum atomic E-state index is 15.4. The van der Waals surface area contributed by atoms with Gasteiger partial charge in [-0.1, -0.05) is 19.9 Å². The zero-order chi connectivity index (χ0) is 37.7. The molecule has 2 atom stereocenters. The van der Waals surface area contributed by atoms with E-state index in [-0.39, 0.29) is 37.4 Å². The topological polar surface area (TPSA) is 141 Å². The molecule has 3 aromatic heterocycles. The maximum Gasteiger partial charge on any atom is 0.411 e. The number of likely N-dealkylation sites (N-methyl/N-ethyl adjacent to an activating group) is 1. The van der Waals surface area contributed by atoms with E-state index in [1.165, 1.54) is 48.4 Å². The van der Waals surface area contributed by atoms with Crippen molar-refractivity contribution in [3.63, 3.8) is 0 Å². The fourth-order valence-electron chi connectivity index (χ4n) is 5.87. The lowest BCUT2D eigenvalue weighted by Crippen LogP contribution is -2.53. The van der Waals surface area contributed by atoms with Crippen molar-refractivity contribution in [2.24, 2.45) is 7.05 Å². The summed E-state index contributed by atoms with van der Waals surface area (Å²) in [6, 6.07) is 1.84. The van der Waals surface area contributed by atoms with E-state index < -0.39 is 70.9 Å². The standard InChI is InChI=1S/C34H36F5N7O6/c1-4-44(5-2)10-13-52-32(49)25(14-20-6-7-28(41-17-20)46-31(48)22-8-9-40-18-26(22)43(3)33(46)50)42-30(47)29-23(35)15-21(16-24(29)36)45-11-12-51-19-27(45)34(37,38)39/h6-9,15-18,25,27H,4-5,10-14,19H2,1-3H3,(H,42,47)/t25-,27+/m0/s1. The molecular weight excluding hydrogens is 697 g/mol. The average Bonchev–Trinajstić information content (AvgIpc) is 3.12. The third kappa shape index (κ3) is 8.12. The molecule has 4 heterocycles. The molecule has 52 heavy (non-hydrogen) atoms. The third-order valence-corrected chi connectivity index (χ3v) is 8.78. The molecule has 0 aliphatic carbocycles. The Bertz CT molecular complexity index is 2030. The van der Waals surface area contributed by atoms with Gasteiger partial charge in [-0.15, -0.1) is 0 Å². The van der Waals surface area contributed by atoms with E-state index in [4.69, 9.17) is 9.47 Å². The summed E-state index contributed by atoms with van der Waals surface area (Å²) in [6.45, 7) is 4.34. The predicted octanol–water partition coefficient (Wildman–Crippen LogP) is 2.75. The average molecular weight is 734 g/mol. The molecule has 1 aliphatic rings. The molecule has 0 bridgehead atoms. The van der Waals surface area contributed by atoms with Crippen LogP contribution < -0.4 is 21.5 Å². The first-order chi connectivity index (χ1) is 24.7. The molecule has 1 N–H and O–H groups in total. The highest BCUT2D eigenvalue weighted by molar-refractivity contribution is 5.97. The number of aryl methyl sites for hydroxylation is 1. The van der Waals surface area contributed by atoms with Crippen molar-refractivity contribution in [1.82, 2.24) is 29.3 Å². The van der Waals surface area contributed by atoms with Gasteiger partial charge >= 0.3 is 17.8 Å². The number of alkyl halides is 3. The van der Waals surface area contributed by atoms with Crippen molar-refractivity contribution in [2.45, 2.75) is 38.5 Å². The van der Waals surface area contributed by atoms with Gasteiger partial charge in [0.2, 0.25) is 0 Å². The van der Waals surface area contributed by atoms with Crippen LogP contribution in [0.1, 0.15) is 29.8 Å². The van der Waals surface area contributed by atoms with Crippen LogP contribution in [0.4, 0.5) is 27.6 Å². The minimum Gasteiger partial charge on any atom is -0.463 e. The second-order valence-corrected chi connectivity index (χ2v) is 11.9. The van der Waals surface area contributed by atoms with Crippen LogP contribution in [0, 0.1) is 11.6 Å². The number of carbonyl (C=O) groups is 2. The number of nitrogens with zero attached hydrogens (tertiary/aromatic N) is 6. The van der Waals surface area contributed by atoms with E-state index in [1.54, 1.807) is 0 Å². The van der Waals surface area contributed by atoms with Gasteiger partial charge in [-0.05, 0) is 42.9 Å². The van der Waals surface area contributed by atoms with E-state index in [0.717, 1.165) is 9.47 Å². The zero-order valence-electron chi connectivity index (χ0n) is 28.5. The number of halogens is 5. The van der Waals surface area contributed by atoms with Crippen molar-refractivity contribution in [3.8, 4) is 5.82 Å². The van der Waals surface area contributed by atoms with Crippen molar-refractivity contribution >= 4 is 28.5 Å².